The molecule has 1 N–H and O–H groups in total. The highest BCUT2D eigenvalue weighted by Crippen LogP contribution is 2.30. The van der Waals surface area contributed by atoms with Crippen molar-refractivity contribution in [3.05, 3.63) is 80.5 Å². The van der Waals surface area contributed by atoms with Gasteiger partial charge in [-0.05, 0) is 50.6 Å². The third-order valence-electron chi connectivity index (χ3n) is 5.86. The normalized spacial score (nSPS) is 13.9. The maximum atomic E-state index is 13.8. The Hall–Kier alpha value is -3.49. The number of hydrogen-bond donors (Lipinski definition) is 1. The predicted octanol–water partition coefficient (Wildman–Crippen LogP) is 3.06. The van der Waals surface area contributed by atoms with Gasteiger partial charge in [0.1, 0.15) is 5.57 Å². The van der Waals surface area contributed by atoms with E-state index in [1.807, 2.05) is 26.8 Å². The molecule has 0 saturated carbocycles. The van der Waals surface area contributed by atoms with Gasteiger partial charge in [-0.1, -0.05) is 24.9 Å². The van der Waals surface area contributed by atoms with E-state index in [1.54, 1.807) is 41.2 Å². The van der Waals surface area contributed by atoms with Crippen molar-refractivity contribution in [3.8, 4) is 5.69 Å². The third-order valence-corrected chi connectivity index (χ3v) is 6.11. The summed E-state index contributed by atoms with van der Waals surface area (Å²) in [6.45, 7) is 6.10. The molecule has 1 aliphatic rings. The molecule has 0 radical (unpaired) electrons. The highest BCUT2D eigenvalue weighted by Gasteiger charge is 2.47. The fourth-order valence-electron chi connectivity index (χ4n) is 4.40. The van der Waals surface area contributed by atoms with Gasteiger partial charge in [0.2, 0.25) is 0 Å². The lowest BCUT2D eigenvalue weighted by Gasteiger charge is -2.12. The number of nitrogens with zero attached hydrogens (tertiary/aromatic N) is 3. The van der Waals surface area contributed by atoms with Crippen molar-refractivity contribution in [1.82, 2.24) is 14.7 Å². The first-order valence-electron chi connectivity index (χ1n) is 11.5. The molecule has 0 unspecified atom stereocenters. The van der Waals surface area contributed by atoms with Crippen LogP contribution < -0.4 is 10.1 Å². The lowest BCUT2D eigenvalue weighted by molar-refractivity contribution is -0.577. The van der Waals surface area contributed by atoms with Crippen molar-refractivity contribution < 1.29 is 18.9 Å². The molecular weight excluding hydrogens is 468 g/mol. The molecule has 0 aliphatic carbocycles. The van der Waals surface area contributed by atoms with Gasteiger partial charge in [-0.2, -0.15) is 4.57 Å². The van der Waals surface area contributed by atoms with Gasteiger partial charge in [0.15, 0.2) is 12.4 Å². The zero-order valence-corrected chi connectivity index (χ0v) is 21.0. The molecule has 8 nitrogen and oxygen atoms in total. The van der Waals surface area contributed by atoms with E-state index in [-0.39, 0.29) is 30.0 Å². The standard InChI is InChI=1S/C26H27ClN4O4/c1-5-6-20-21(25(33)31(28-20)19-9-7-18(27)8-10-19)22-23(29-14-16(2)13-17(3)15-29)26(34)30(24(22)32)11-12-35-4/h7-10,13-15H,5-6,11-12H2,1-4H3/p+1. The Morgan fingerprint density at radius 2 is 1.69 bits per heavy atom. The van der Waals surface area contributed by atoms with Gasteiger partial charge in [-0.15, -0.1) is 0 Å². The monoisotopic (exact) mass is 495 g/mol. The largest absolute Gasteiger partial charge is 0.383 e. The molecule has 2 aromatic heterocycles. The quantitative estimate of drug-likeness (QED) is 0.384. The Kier molecular flexibility index (Phi) is 7.05. The van der Waals surface area contributed by atoms with Crippen LogP contribution in [0.25, 0.3) is 17.0 Å². The van der Waals surface area contributed by atoms with Crippen LogP contribution in [0.15, 0.2) is 47.5 Å². The van der Waals surface area contributed by atoms with E-state index in [4.69, 9.17) is 16.3 Å². The number of H-pyrrole nitrogens is 1. The first kappa shape index (κ1) is 24.6. The van der Waals surface area contributed by atoms with E-state index < -0.39 is 17.4 Å². The van der Waals surface area contributed by atoms with Crippen molar-refractivity contribution in [1.29, 1.82) is 0 Å². The third kappa shape index (κ3) is 4.59. The second-order valence-electron chi connectivity index (χ2n) is 8.61. The smallest absolute Gasteiger partial charge is 0.326 e. The van der Waals surface area contributed by atoms with E-state index in [1.165, 1.54) is 11.8 Å². The van der Waals surface area contributed by atoms with Gasteiger partial charge in [-0.3, -0.25) is 24.4 Å². The molecule has 182 valence electrons. The van der Waals surface area contributed by atoms with Crippen LogP contribution >= 0.6 is 11.6 Å². The molecule has 3 aromatic rings. The number of methoxy groups -OCH3 is 1. The number of carbonyl (C=O) groups excluding carboxylic acids is 2. The average Bonchev–Trinajstić information content (AvgIpc) is 3.25. The number of halogens is 1. The molecule has 3 heterocycles. The number of aryl methyl sites for hydroxylation is 3. The lowest BCUT2D eigenvalue weighted by Crippen LogP contribution is -2.41. The minimum atomic E-state index is -0.509. The van der Waals surface area contributed by atoms with Gasteiger partial charge in [0.25, 0.3) is 17.2 Å². The van der Waals surface area contributed by atoms with Gasteiger partial charge >= 0.3 is 5.91 Å². The zero-order chi connectivity index (χ0) is 25.3. The first-order chi connectivity index (χ1) is 16.8. The lowest BCUT2D eigenvalue weighted by atomic mass is 10.0. The summed E-state index contributed by atoms with van der Waals surface area (Å²) in [7, 11) is 1.51. The summed E-state index contributed by atoms with van der Waals surface area (Å²) < 4.78 is 8.17. The Bertz CT molecular complexity index is 1370. The number of imide groups is 1. The fraction of sp³-hybridized carbons (Fsp3) is 0.308. The molecule has 0 atom stereocenters. The van der Waals surface area contributed by atoms with Crippen LogP contribution in [0.2, 0.25) is 5.02 Å². The maximum absolute atomic E-state index is 13.8. The minimum absolute atomic E-state index is 0.0887. The van der Waals surface area contributed by atoms with E-state index in [0.29, 0.717) is 22.8 Å². The summed E-state index contributed by atoms with van der Waals surface area (Å²) in [5.74, 6) is -0.969. The Balaban J connectivity index is 2.00. The van der Waals surface area contributed by atoms with Crippen molar-refractivity contribution in [2.45, 2.75) is 33.6 Å². The van der Waals surface area contributed by atoms with Crippen molar-refractivity contribution in [3.63, 3.8) is 0 Å². The number of nitrogens with one attached hydrogen (secondary N) is 1. The van der Waals surface area contributed by atoms with Gasteiger partial charge in [0.05, 0.1) is 24.4 Å². The molecule has 4 rings (SSSR count). The van der Waals surface area contributed by atoms with E-state index in [0.717, 1.165) is 22.4 Å². The van der Waals surface area contributed by atoms with Crippen molar-refractivity contribution in [2.75, 3.05) is 20.3 Å². The van der Waals surface area contributed by atoms with Gasteiger partial charge in [0, 0.05) is 29.0 Å². The summed E-state index contributed by atoms with van der Waals surface area (Å²) in [6.07, 6.45) is 4.84. The summed E-state index contributed by atoms with van der Waals surface area (Å²) in [4.78, 5) is 42.1. The minimum Gasteiger partial charge on any atom is -0.383 e. The first-order valence-corrected chi connectivity index (χ1v) is 11.8. The molecule has 1 aliphatic heterocycles. The highest BCUT2D eigenvalue weighted by molar-refractivity contribution is 6.44. The molecule has 0 saturated heterocycles. The molecule has 0 fully saturated rings. The molecular formula is C26H28ClN4O4+. The number of rotatable bonds is 8. The zero-order valence-electron chi connectivity index (χ0n) is 20.2. The number of amides is 2. The van der Waals surface area contributed by atoms with E-state index in [2.05, 4.69) is 5.10 Å². The molecule has 0 bridgehead atoms. The molecule has 35 heavy (non-hydrogen) atoms. The van der Waals surface area contributed by atoms with Crippen LogP contribution in [-0.4, -0.2) is 46.8 Å². The van der Waals surface area contributed by atoms with Gasteiger partial charge in [-0.25, -0.2) is 4.68 Å². The predicted molar refractivity (Wildman–Crippen MR) is 133 cm³/mol. The van der Waals surface area contributed by atoms with Crippen molar-refractivity contribution in [2.24, 2.45) is 0 Å². The van der Waals surface area contributed by atoms with E-state index in [9.17, 15) is 14.4 Å². The topological polar surface area (TPSA) is 88.3 Å². The molecule has 0 spiro atoms. The summed E-state index contributed by atoms with van der Waals surface area (Å²) in [5.41, 5.74) is 3.09. The number of ether oxygens (including phenoxy) is 1. The van der Waals surface area contributed by atoms with Crippen LogP contribution in [0.4, 0.5) is 0 Å². The molecule has 2 amide bonds. The van der Waals surface area contributed by atoms with Crippen molar-refractivity contribution >= 4 is 34.7 Å². The average molecular weight is 496 g/mol. The number of aromatic nitrogens is 3. The van der Waals surface area contributed by atoms with Crippen LogP contribution in [0.3, 0.4) is 0 Å². The fourth-order valence-corrected chi connectivity index (χ4v) is 4.52. The summed E-state index contributed by atoms with van der Waals surface area (Å²) in [5, 5.41) is 3.71. The number of aromatic amines is 1. The number of benzene rings is 1. The summed E-state index contributed by atoms with van der Waals surface area (Å²) in [6, 6.07) is 8.81. The molecule has 1 aromatic carbocycles. The number of hydrogen-bond acceptors (Lipinski definition) is 4. The highest BCUT2D eigenvalue weighted by atomic mass is 35.5. The van der Waals surface area contributed by atoms with Crippen LogP contribution in [-0.2, 0) is 20.7 Å². The van der Waals surface area contributed by atoms with Crippen LogP contribution in [0.5, 0.6) is 0 Å². The Morgan fingerprint density at radius 1 is 1.03 bits per heavy atom. The second-order valence-corrected chi connectivity index (χ2v) is 9.04. The second kappa shape index (κ2) is 10.0. The number of carbonyl (C=O) groups is 2. The van der Waals surface area contributed by atoms with Crippen LogP contribution in [0, 0.1) is 13.8 Å². The molecule has 9 heteroatoms. The number of pyridine rings is 1. The Morgan fingerprint density at radius 3 is 2.29 bits per heavy atom. The van der Waals surface area contributed by atoms with Gasteiger partial charge < -0.3 is 4.74 Å². The Labute approximate surface area is 208 Å². The van der Waals surface area contributed by atoms with Crippen LogP contribution in [0.1, 0.15) is 35.7 Å². The maximum Gasteiger partial charge on any atom is 0.326 e. The SMILES string of the molecule is CCCc1[nH]n(-c2ccc(Cl)cc2)c(=O)c1C1=C([n+]2cc(C)cc(C)c2)C(=O)N(CCOC)C1=O. The van der Waals surface area contributed by atoms with E-state index >= 15 is 0 Å². The summed E-state index contributed by atoms with van der Waals surface area (Å²) >= 11 is 6.03.